The molecule has 0 aliphatic heterocycles. The van der Waals surface area contributed by atoms with Crippen LogP contribution in [0.15, 0.2) is 39.0 Å². The van der Waals surface area contributed by atoms with Crippen LogP contribution in [0.4, 0.5) is 11.4 Å². The third kappa shape index (κ3) is 3.90. The average Bonchev–Trinajstić information content (AvgIpc) is 2.76. The molecule has 0 N–H and O–H groups in total. The predicted molar refractivity (Wildman–Crippen MR) is 93.4 cm³/mol. The van der Waals surface area contributed by atoms with Gasteiger partial charge in [0.05, 0.1) is 18.0 Å². The third-order valence-corrected chi connectivity index (χ3v) is 3.43. The molecule has 0 aliphatic carbocycles. The lowest BCUT2D eigenvalue weighted by Gasteiger charge is -2.05. The first kappa shape index (κ1) is 16.1. The van der Waals surface area contributed by atoms with E-state index in [9.17, 15) is 0 Å². The fraction of sp³-hybridized carbons (Fsp3) is 0.231. The van der Waals surface area contributed by atoms with Crippen LogP contribution in [0.25, 0.3) is 0 Å². The summed E-state index contributed by atoms with van der Waals surface area (Å²) in [6.45, 7) is 4.17. The number of benzene rings is 1. The number of azo groups is 1. The molecule has 0 amide bonds. The fourth-order valence-electron chi connectivity index (χ4n) is 1.62. The highest BCUT2D eigenvalue weighted by molar-refractivity contribution is 9.10. The van der Waals surface area contributed by atoms with Crippen LogP contribution >= 0.6 is 40.8 Å². The smallest absolute Gasteiger partial charge is 0.246 e. The zero-order valence-electron chi connectivity index (χ0n) is 11.4. The van der Waals surface area contributed by atoms with Crippen LogP contribution in [-0.4, -0.2) is 20.7 Å². The molecule has 0 saturated heterocycles. The van der Waals surface area contributed by atoms with Crippen LogP contribution in [0.5, 0.6) is 5.88 Å². The lowest BCUT2D eigenvalue weighted by atomic mass is 10.3. The van der Waals surface area contributed by atoms with Gasteiger partial charge in [-0.25, -0.2) is 0 Å². The molecule has 0 saturated carbocycles. The monoisotopic (exact) mass is 384 g/mol. The molecule has 0 bridgehead atoms. The van der Waals surface area contributed by atoms with Crippen LogP contribution < -0.4 is 4.74 Å². The second-order valence-corrected chi connectivity index (χ2v) is 6.07. The Morgan fingerprint density at radius 3 is 2.62 bits per heavy atom. The molecule has 2 rings (SSSR count). The molecule has 0 atom stereocenters. The van der Waals surface area contributed by atoms with Crippen molar-refractivity contribution in [2.24, 2.45) is 10.2 Å². The van der Waals surface area contributed by atoms with Crippen molar-refractivity contribution in [2.45, 2.75) is 13.8 Å². The largest absolute Gasteiger partial charge is 0.476 e. The topological polar surface area (TPSA) is 51.8 Å². The Kier molecular flexibility index (Phi) is 5.49. The Balaban J connectivity index is 2.38. The highest BCUT2D eigenvalue weighted by Crippen LogP contribution is 2.33. The van der Waals surface area contributed by atoms with Crippen molar-refractivity contribution in [3.8, 4) is 5.88 Å². The zero-order valence-corrected chi connectivity index (χ0v) is 14.7. The second-order valence-electron chi connectivity index (χ2n) is 4.04. The summed E-state index contributed by atoms with van der Waals surface area (Å²) < 4.78 is 8.28. The van der Waals surface area contributed by atoms with Crippen molar-refractivity contribution >= 4 is 56.5 Å². The van der Waals surface area contributed by atoms with E-state index in [2.05, 4.69) is 43.9 Å². The molecule has 0 unspecified atom stereocenters. The zero-order chi connectivity index (χ0) is 15.4. The van der Waals surface area contributed by atoms with Gasteiger partial charge in [-0.05, 0) is 38.1 Å². The van der Waals surface area contributed by atoms with E-state index in [0.717, 1.165) is 10.2 Å². The number of aromatic nitrogens is 2. The van der Waals surface area contributed by atoms with Crippen molar-refractivity contribution < 1.29 is 4.74 Å². The number of hydrogen-bond acceptors (Lipinski definition) is 5. The summed E-state index contributed by atoms with van der Waals surface area (Å²) in [6, 6.07) is 7.52. The van der Waals surface area contributed by atoms with Crippen LogP contribution in [0, 0.1) is 6.92 Å². The van der Waals surface area contributed by atoms with Gasteiger partial charge in [-0.15, -0.1) is 17.7 Å². The minimum absolute atomic E-state index is 0.298. The van der Waals surface area contributed by atoms with Gasteiger partial charge in [0.15, 0.2) is 10.0 Å². The standard InChI is InChI=1S/C13H13BrN4OS2/c1-3-19-12-11(8(2)17-18(12)13(20)21)16-15-10-6-4-9(14)5-7-10/h4-7H,3H2,1-2H3,(H,20,21). The molecule has 8 heteroatoms. The highest BCUT2D eigenvalue weighted by Gasteiger charge is 2.18. The molecule has 2 aromatic rings. The van der Waals surface area contributed by atoms with E-state index in [1.807, 2.05) is 38.1 Å². The van der Waals surface area contributed by atoms with Gasteiger partial charge in [-0.1, -0.05) is 28.1 Å². The molecule has 0 radical (unpaired) electrons. The van der Waals surface area contributed by atoms with Crippen LogP contribution in [0.1, 0.15) is 12.6 Å². The molecule has 1 aromatic carbocycles. The number of hydrogen-bond donors (Lipinski definition) is 1. The first-order valence-corrected chi connectivity index (χ1v) is 7.80. The van der Waals surface area contributed by atoms with Gasteiger partial charge >= 0.3 is 0 Å². The van der Waals surface area contributed by atoms with Gasteiger partial charge < -0.3 is 4.74 Å². The Labute approximate surface area is 141 Å². The molecule has 1 heterocycles. The molecule has 0 aliphatic rings. The summed E-state index contributed by atoms with van der Waals surface area (Å²) in [4.78, 5) is 0. The van der Waals surface area contributed by atoms with Crippen LogP contribution in [0.2, 0.25) is 0 Å². The molecule has 0 fully saturated rings. The van der Waals surface area contributed by atoms with Gasteiger partial charge in [0.1, 0.15) is 0 Å². The maximum Gasteiger partial charge on any atom is 0.246 e. The number of ether oxygens (including phenoxy) is 1. The quantitative estimate of drug-likeness (QED) is 0.466. The highest BCUT2D eigenvalue weighted by atomic mass is 79.9. The minimum Gasteiger partial charge on any atom is -0.476 e. The van der Waals surface area contributed by atoms with Crippen LogP contribution in [-0.2, 0) is 0 Å². The number of nitrogens with zero attached hydrogens (tertiary/aromatic N) is 4. The van der Waals surface area contributed by atoms with Crippen molar-refractivity contribution in [3.05, 3.63) is 34.4 Å². The number of halogens is 1. The Hall–Kier alpha value is -1.25. The van der Waals surface area contributed by atoms with Gasteiger partial charge in [-0.3, -0.25) is 0 Å². The van der Waals surface area contributed by atoms with Crippen LogP contribution in [0.3, 0.4) is 0 Å². The normalized spacial score (nSPS) is 11.0. The maximum atomic E-state index is 5.56. The summed E-state index contributed by atoms with van der Waals surface area (Å²) in [5.41, 5.74) is 1.97. The van der Waals surface area contributed by atoms with Gasteiger partial charge in [0.2, 0.25) is 5.88 Å². The second kappa shape index (κ2) is 7.15. The molecular weight excluding hydrogens is 372 g/mol. The summed E-state index contributed by atoms with van der Waals surface area (Å²) in [6.07, 6.45) is 0. The Morgan fingerprint density at radius 2 is 2.05 bits per heavy atom. The van der Waals surface area contributed by atoms with E-state index in [1.54, 1.807) is 0 Å². The number of aryl methyl sites for hydroxylation is 1. The SMILES string of the molecule is CCOc1c(N=Nc2ccc(Br)cc2)c(C)nn1C(=S)S. The molecule has 1 aromatic heterocycles. The molecule has 0 spiro atoms. The summed E-state index contributed by atoms with van der Waals surface area (Å²) in [7, 11) is 0. The van der Waals surface area contributed by atoms with E-state index in [4.69, 9.17) is 17.0 Å². The molecule has 110 valence electrons. The van der Waals surface area contributed by atoms with Gasteiger partial charge in [-0.2, -0.15) is 14.9 Å². The maximum absolute atomic E-state index is 5.56. The first-order chi connectivity index (χ1) is 10.0. The number of thiol groups is 1. The number of rotatable bonds is 4. The molecule has 21 heavy (non-hydrogen) atoms. The van der Waals surface area contributed by atoms with Crippen molar-refractivity contribution in [1.82, 2.24) is 9.78 Å². The Bertz CT molecular complexity index is 682. The summed E-state index contributed by atoms with van der Waals surface area (Å²) in [5.74, 6) is 0.455. The molecular formula is C13H13BrN4OS2. The first-order valence-electron chi connectivity index (χ1n) is 6.16. The average molecular weight is 385 g/mol. The Morgan fingerprint density at radius 1 is 1.38 bits per heavy atom. The van der Waals surface area contributed by atoms with E-state index in [0.29, 0.717) is 28.2 Å². The third-order valence-electron chi connectivity index (χ3n) is 2.54. The van der Waals surface area contributed by atoms with E-state index < -0.39 is 0 Å². The molecule has 5 nitrogen and oxygen atoms in total. The summed E-state index contributed by atoms with van der Waals surface area (Å²) in [5, 5.41) is 12.7. The van der Waals surface area contributed by atoms with Gasteiger partial charge in [0.25, 0.3) is 0 Å². The van der Waals surface area contributed by atoms with Crippen molar-refractivity contribution in [1.29, 1.82) is 0 Å². The van der Waals surface area contributed by atoms with Crippen molar-refractivity contribution in [2.75, 3.05) is 6.61 Å². The van der Waals surface area contributed by atoms with E-state index >= 15 is 0 Å². The number of thiocarbonyl (C=S) groups is 1. The lowest BCUT2D eigenvalue weighted by molar-refractivity contribution is 0.321. The fourth-order valence-corrected chi connectivity index (χ4v) is 2.15. The summed E-state index contributed by atoms with van der Waals surface area (Å²) >= 11 is 12.5. The lowest BCUT2D eigenvalue weighted by Crippen LogP contribution is -2.07. The van der Waals surface area contributed by atoms with E-state index in [-0.39, 0.29) is 0 Å². The minimum atomic E-state index is 0.298. The van der Waals surface area contributed by atoms with Crippen molar-refractivity contribution in [3.63, 3.8) is 0 Å². The predicted octanol–water partition coefficient (Wildman–Crippen LogP) is 4.83. The van der Waals surface area contributed by atoms with E-state index in [1.165, 1.54) is 4.68 Å². The van der Waals surface area contributed by atoms with Gasteiger partial charge in [0, 0.05) is 4.47 Å².